The van der Waals surface area contributed by atoms with Crippen molar-refractivity contribution in [2.45, 2.75) is 39.2 Å². The highest BCUT2D eigenvalue weighted by atomic mass is 35.5. The molecule has 18 heavy (non-hydrogen) atoms. The zero-order chi connectivity index (χ0) is 12.7. The second kappa shape index (κ2) is 9.59. The number of carbonyl (C=O) groups excluding carboxylic acids is 1. The Hall–Kier alpha value is -0.320. The minimum absolute atomic E-state index is 0. The Labute approximate surface area is 117 Å². The highest BCUT2D eigenvalue weighted by Gasteiger charge is 2.20. The molecule has 0 aromatic heterocycles. The van der Waals surface area contributed by atoms with Crippen LogP contribution in [0.5, 0.6) is 0 Å². The zero-order valence-corrected chi connectivity index (χ0v) is 12.7. The van der Waals surface area contributed by atoms with E-state index >= 15 is 0 Å². The fourth-order valence-corrected chi connectivity index (χ4v) is 2.12. The number of hydrogen-bond acceptors (Lipinski definition) is 3. The Kier molecular flexibility index (Phi) is 9.42. The van der Waals surface area contributed by atoms with E-state index in [-0.39, 0.29) is 24.2 Å². The van der Waals surface area contributed by atoms with Crippen LogP contribution in [-0.4, -0.2) is 50.1 Å². The highest BCUT2D eigenvalue weighted by molar-refractivity contribution is 5.85. The van der Waals surface area contributed by atoms with Crippen molar-refractivity contribution in [3.8, 4) is 0 Å². The molecule has 1 fully saturated rings. The third-order valence-electron chi connectivity index (χ3n) is 3.82. The zero-order valence-electron chi connectivity index (χ0n) is 11.9. The first-order valence-corrected chi connectivity index (χ1v) is 6.83. The molecule has 1 heterocycles. The standard InChI is InChI=1S/C13H27N3O.ClH/c1-4-11(2)16(3)10-9-15-13(17)12-5-7-14-8-6-12;/h11-12,14H,4-10H2,1-3H3,(H,15,17);1H. The van der Waals surface area contributed by atoms with Gasteiger partial charge in [0.1, 0.15) is 0 Å². The Morgan fingerprint density at radius 3 is 2.61 bits per heavy atom. The molecule has 1 amide bonds. The second-order valence-electron chi connectivity index (χ2n) is 5.05. The molecule has 1 unspecified atom stereocenters. The summed E-state index contributed by atoms with van der Waals surface area (Å²) in [6.07, 6.45) is 3.11. The number of nitrogens with zero attached hydrogens (tertiary/aromatic N) is 1. The lowest BCUT2D eigenvalue weighted by Crippen LogP contribution is -2.41. The maximum Gasteiger partial charge on any atom is 0.223 e. The second-order valence-corrected chi connectivity index (χ2v) is 5.05. The van der Waals surface area contributed by atoms with E-state index in [4.69, 9.17) is 0 Å². The van der Waals surface area contributed by atoms with E-state index in [0.717, 1.165) is 45.4 Å². The van der Waals surface area contributed by atoms with Gasteiger partial charge in [0.25, 0.3) is 0 Å². The van der Waals surface area contributed by atoms with E-state index in [1.807, 2.05) is 0 Å². The lowest BCUT2D eigenvalue weighted by molar-refractivity contribution is -0.125. The first-order valence-electron chi connectivity index (χ1n) is 6.83. The summed E-state index contributed by atoms with van der Waals surface area (Å²) in [6.45, 7) is 8.06. The number of amides is 1. The number of piperidine rings is 1. The molecule has 0 radical (unpaired) electrons. The number of likely N-dealkylation sites (N-methyl/N-ethyl adjacent to an activating group) is 1. The van der Waals surface area contributed by atoms with E-state index in [0.29, 0.717) is 6.04 Å². The minimum Gasteiger partial charge on any atom is -0.355 e. The molecule has 1 saturated heterocycles. The topological polar surface area (TPSA) is 44.4 Å². The van der Waals surface area contributed by atoms with Gasteiger partial charge in [0.2, 0.25) is 5.91 Å². The summed E-state index contributed by atoms with van der Waals surface area (Å²) in [5.74, 6) is 0.467. The largest absolute Gasteiger partial charge is 0.355 e. The van der Waals surface area contributed by atoms with E-state index < -0.39 is 0 Å². The van der Waals surface area contributed by atoms with Crippen molar-refractivity contribution in [1.29, 1.82) is 0 Å². The molecule has 0 aromatic carbocycles. The maximum atomic E-state index is 11.9. The quantitative estimate of drug-likeness (QED) is 0.768. The fourth-order valence-electron chi connectivity index (χ4n) is 2.12. The van der Waals surface area contributed by atoms with Gasteiger partial charge in [-0.05, 0) is 46.3 Å². The SMILES string of the molecule is CCC(C)N(C)CCNC(=O)C1CCNCC1.Cl. The summed E-state index contributed by atoms with van der Waals surface area (Å²) in [4.78, 5) is 14.2. The van der Waals surface area contributed by atoms with Gasteiger partial charge in [0, 0.05) is 25.0 Å². The summed E-state index contributed by atoms with van der Waals surface area (Å²) >= 11 is 0. The van der Waals surface area contributed by atoms with Crippen LogP contribution in [0, 0.1) is 5.92 Å². The molecule has 0 aromatic rings. The van der Waals surface area contributed by atoms with Crippen molar-refractivity contribution in [1.82, 2.24) is 15.5 Å². The summed E-state index contributed by atoms with van der Waals surface area (Å²) in [5, 5.41) is 6.33. The van der Waals surface area contributed by atoms with Crippen LogP contribution in [0.1, 0.15) is 33.1 Å². The maximum absolute atomic E-state index is 11.9. The molecule has 2 N–H and O–H groups in total. The van der Waals surface area contributed by atoms with Crippen LogP contribution < -0.4 is 10.6 Å². The summed E-state index contributed by atoms with van der Waals surface area (Å²) < 4.78 is 0. The molecule has 108 valence electrons. The van der Waals surface area contributed by atoms with Crippen LogP contribution >= 0.6 is 12.4 Å². The molecule has 0 bridgehead atoms. The van der Waals surface area contributed by atoms with Gasteiger partial charge >= 0.3 is 0 Å². The van der Waals surface area contributed by atoms with E-state index in [1.165, 1.54) is 0 Å². The van der Waals surface area contributed by atoms with Gasteiger partial charge in [0.15, 0.2) is 0 Å². The fraction of sp³-hybridized carbons (Fsp3) is 0.923. The molecule has 0 spiro atoms. The Morgan fingerprint density at radius 2 is 2.06 bits per heavy atom. The third-order valence-corrected chi connectivity index (χ3v) is 3.82. The molecule has 5 heteroatoms. The predicted molar refractivity (Wildman–Crippen MR) is 78.2 cm³/mol. The van der Waals surface area contributed by atoms with Crippen molar-refractivity contribution < 1.29 is 4.79 Å². The minimum atomic E-state index is 0. The first-order chi connectivity index (χ1) is 8.15. The van der Waals surface area contributed by atoms with Crippen LogP contribution in [0.15, 0.2) is 0 Å². The Morgan fingerprint density at radius 1 is 1.44 bits per heavy atom. The summed E-state index contributed by atoms with van der Waals surface area (Å²) in [7, 11) is 2.12. The number of nitrogens with one attached hydrogen (secondary N) is 2. The molecular weight excluding hydrogens is 250 g/mol. The Balaban J connectivity index is 0.00000289. The molecule has 1 aliphatic heterocycles. The molecule has 1 rings (SSSR count). The number of carbonyl (C=O) groups is 1. The highest BCUT2D eigenvalue weighted by Crippen LogP contribution is 2.11. The molecule has 0 saturated carbocycles. The van der Waals surface area contributed by atoms with Gasteiger partial charge in [-0.3, -0.25) is 4.79 Å². The van der Waals surface area contributed by atoms with Crippen LogP contribution in [0.2, 0.25) is 0 Å². The lowest BCUT2D eigenvalue weighted by Gasteiger charge is -2.25. The van der Waals surface area contributed by atoms with Crippen molar-refractivity contribution in [3.05, 3.63) is 0 Å². The van der Waals surface area contributed by atoms with Gasteiger partial charge in [-0.15, -0.1) is 12.4 Å². The molecule has 1 aliphatic rings. The van der Waals surface area contributed by atoms with E-state index in [1.54, 1.807) is 0 Å². The van der Waals surface area contributed by atoms with Crippen molar-refractivity contribution in [2.75, 3.05) is 33.2 Å². The molecule has 0 aliphatic carbocycles. The number of rotatable bonds is 6. The van der Waals surface area contributed by atoms with Crippen LogP contribution in [-0.2, 0) is 4.79 Å². The third kappa shape index (κ3) is 6.03. The Bertz CT molecular complexity index is 232. The van der Waals surface area contributed by atoms with Crippen LogP contribution in [0.3, 0.4) is 0 Å². The van der Waals surface area contributed by atoms with Crippen molar-refractivity contribution in [2.24, 2.45) is 5.92 Å². The number of halogens is 1. The normalized spacial score (nSPS) is 18.2. The van der Waals surface area contributed by atoms with E-state index in [2.05, 4.69) is 36.4 Å². The summed E-state index contributed by atoms with van der Waals surface area (Å²) in [5.41, 5.74) is 0. The monoisotopic (exact) mass is 277 g/mol. The van der Waals surface area contributed by atoms with Gasteiger partial charge in [0.05, 0.1) is 0 Å². The van der Waals surface area contributed by atoms with Crippen LogP contribution in [0.25, 0.3) is 0 Å². The van der Waals surface area contributed by atoms with E-state index in [9.17, 15) is 4.79 Å². The lowest BCUT2D eigenvalue weighted by atomic mass is 9.97. The van der Waals surface area contributed by atoms with Gasteiger partial charge in [-0.2, -0.15) is 0 Å². The van der Waals surface area contributed by atoms with Gasteiger partial charge < -0.3 is 15.5 Å². The average Bonchev–Trinajstić information content (AvgIpc) is 2.38. The van der Waals surface area contributed by atoms with Gasteiger partial charge in [-0.1, -0.05) is 6.92 Å². The summed E-state index contributed by atoms with van der Waals surface area (Å²) in [6, 6.07) is 0.589. The smallest absolute Gasteiger partial charge is 0.223 e. The van der Waals surface area contributed by atoms with Crippen molar-refractivity contribution >= 4 is 18.3 Å². The van der Waals surface area contributed by atoms with Crippen molar-refractivity contribution in [3.63, 3.8) is 0 Å². The molecular formula is C13H28ClN3O. The average molecular weight is 278 g/mol. The molecule has 1 atom stereocenters. The number of hydrogen-bond donors (Lipinski definition) is 2. The predicted octanol–water partition coefficient (Wildman–Crippen LogP) is 1.25. The molecule has 4 nitrogen and oxygen atoms in total. The van der Waals surface area contributed by atoms with Gasteiger partial charge in [-0.25, -0.2) is 0 Å². The first kappa shape index (κ1) is 17.7. The van der Waals surface area contributed by atoms with Crippen LogP contribution in [0.4, 0.5) is 0 Å².